The van der Waals surface area contributed by atoms with Crippen molar-refractivity contribution in [1.29, 1.82) is 0 Å². The van der Waals surface area contributed by atoms with Crippen molar-refractivity contribution < 1.29 is 23.1 Å². The van der Waals surface area contributed by atoms with Gasteiger partial charge in [-0.15, -0.1) is 0 Å². The Bertz CT molecular complexity index is 1190. The number of halogens is 1. The van der Waals surface area contributed by atoms with Gasteiger partial charge in [-0.05, 0) is 24.3 Å². The first-order valence-electron chi connectivity index (χ1n) is 8.86. The first kappa shape index (κ1) is 19.1. The summed E-state index contributed by atoms with van der Waals surface area (Å²) in [7, 11) is 1.37. The molecule has 152 valence electrons. The predicted octanol–water partition coefficient (Wildman–Crippen LogP) is 4.31. The van der Waals surface area contributed by atoms with Gasteiger partial charge < -0.3 is 19.6 Å². The fraction of sp³-hybridized carbons (Fsp3) is 0.0476. The average molecular weight is 408 g/mol. The molecule has 0 aliphatic carbocycles. The van der Waals surface area contributed by atoms with Crippen molar-refractivity contribution in [2.45, 2.75) is 0 Å². The Hall–Kier alpha value is -4.27. The highest BCUT2D eigenvalue weighted by atomic mass is 19.1. The van der Waals surface area contributed by atoms with E-state index in [1.54, 1.807) is 12.1 Å². The second kappa shape index (κ2) is 8.00. The number of hydrazine groups is 1. The van der Waals surface area contributed by atoms with Crippen LogP contribution in [0.2, 0.25) is 0 Å². The van der Waals surface area contributed by atoms with Crippen molar-refractivity contribution in [3.05, 3.63) is 72.4 Å². The van der Waals surface area contributed by atoms with Crippen molar-refractivity contribution in [3.63, 3.8) is 0 Å². The minimum absolute atomic E-state index is 0.143. The summed E-state index contributed by atoms with van der Waals surface area (Å²) < 4.78 is 30.2. The van der Waals surface area contributed by atoms with Crippen molar-refractivity contribution in [1.82, 2.24) is 4.98 Å². The molecular formula is C21H17FN4O4. The number of anilines is 2. The molecule has 0 atom stereocenters. The maximum absolute atomic E-state index is 14.0. The van der Waals surface area contributed by atoms with E-state index in [2.05, 4.69) is 15.8 Å². The third-order valence-electron chi connectivity index (χ3n) is 4.20. The lowest BCUT2D eigenvalue weighted by atomic mass is 10.2. The Balaban J connectivity index is 1.56. The fourth-order valence-electron chi connectivity index (χ4n) is 2.84. The van der Waals surface area contributed by atoms with Gasteiger partial charge in [-0.25, -0.2) is 9.37 Å². The number of nitrogens with zero attached hydrogens (tertiary/aromatic N) is 1. The largest absolute Gasteiger partial charge is 0.493 e. The summed E-state index contributed by atoms with van der Waals surface area (Å²) in [6.07, 6.45) is 1.53. The Kier molecular flexibility index (Phi) is 5.08. The van der Waals surface area contributed by atoms with Gasteiger partial charge in [-0.2, -0.15) is 0 Å². The maximum Gasteiger partial charge on any atom is 0.286 e. The van der Waals surface area contributed by atoms with E-state index in [1.807, 2.05) is 30.3 Å². The molecule has 2 aromatic carbocycles. The van der Waals surface area contributed by atoms with Crippen LogP contribution in [0.3, 0.4) is 0 Å². The highest BCUT2D eigenvalue weighted by Crippen LogP contribution is 2.37. The van der Waals surface area contributed by atoms with Crippen LogP contribution < -0.4 is 26.1 Å². The lowest BCUT2D eigenvalue weighted by Gasteiger charge is -2.10. The molecule has 8 nitrogen and oxygen atoms in total. The summed E-state index contributed by atoms with van der Waals surface area (Å²) >= 11 is 0. The number of hydrogen-bond donors (Lipinski definition) is 3. The standard InChI is InChI=1S/C21H17FN4O4/c1-28-16-10-12(22)9-15-18(20(21(23)27)30-19(15)16)26-25-13-7-8-17(24-11-13)29-14-5-3-2-4-6-14/h2-11,25-26H,1H3,(H2,23,27). The molecule has 0 radical (unpaired) electrons. The number of furan rings is 1. The first-order valence-corrected chi connectivity index (χ1v) is 8.86. The minimum Gasteiger partial charge on any atom is -0.493 e. The van der Waals surface area contributed by atoms with E-state index in [1.165, 1.54) is 19.4 Å². The van der Waals surface area contributed by atoms with Gasteiger partial charge in [0.15, 0.2) is 11.3 Å². The third-order valence-corrected chi connectivity index (χ3v) is 4.20. The van der Waals surface area contributed by atoms with Gasteiger partial charge in [0.05, 0.1) is 24.4 Å². The predicted molar refractivity (Wildman–Crippen MR) is 109 cm³/mol. The lowest BCUT2D eigenvalue weighted by Crippen LogP contribution is -2.15. The number of para-hydroxylation sites is 1. The summed E-state index contributed by atoms with van der Waals surface area (Å²) in [4.78, 5) is 16.0. The van der Waals surface area contributed by atoms with Gasteiger partial charge in [0.1, 0.15) is 17.3 Å². The maximum atomic E-state index is 14.0. The zero-order valence-electron chi connectivity index (χ0n) is 15.8. The number of amides is 1. The molecule has 2 aromatic heterocycles. The van der Waals surface area contributed by atoms with Crippen LogP contribution in [0, 0.1) is 5.82 Å². The molecule has 4 aromatic rings. The lowest BCUT2D eigenvalue weighted by molar-refractivity contribution is 0.0977. The van der Waals surface area contributed by atoms with Gasteiger partial charge in [-0.3, -0.25) is 15.6 Å². The van der Waals surface area contributed by atoms with Gasteiger partial charge in [0.2, 0.25) is 11.6 Å². The van der Waals surface area contributed by atoms with E-state index in [-0.39, 0.29) is 22.8 Å². The number of nitrogens with two attached hydrogens (primary N) is 1. The smallest absolute Gasteiger partial charge is 0.286 e. The van der Waals surface area contributed by atoms with E-state index >= 15 is 0 Å². The van der Waals surface area contributed by atoms with Gasteiger partial charge in [0, 0.05) is 12.1 Å². The number of rotatable bonds is 7. The summed E-state index contributed by atoms with van der Waals surface area (Å²) in [5, 5.41) is 0.296. The molecule has 0 saturated heterocycles. The van der Waals surface area contributed by atoms with Crippen molar-refractivity contribution in [2.24, 2.45) is 5.73 Å². The van der Waals surface area contributed by atoms with Crippen molar-refractivity contribution in [2.75, 3.05) is 18.0 Å². The number of fused-ring (bicyclic) bond motifs is 1. The van der Waals surface area contributed by atoms with Gasteiger partial charge >= 0.3 is 0 Å². The normalized spacial score (nSPS) is 10.6. The number of ether oxygens (including phenoxy) is 2. The molecule has 1 amide bonds. The number of pyridine rings is 1. The zero-order chi connectivity index (χ0) is 21.1. The molecule has 2 heterocycles. The second-order valence-corrected chi connectivity index (χ2v) is 6.21. The molecule has 30 heavy (non-hydrogen) atoms. The van der Waals surface area contributed by atoms with Crippen LogP contribution in [0.15, 0.2) is 65.2 Å². The summed E-state index contributed by atoms with van der Waals surface area (Å²) in [6.45, 7) is 0. The molecule has 0 unspecified atom stereocenters. The fourth-order valence-corrected chi connectivity index (χ4v) is 2.84. The van der Waals surface area contributed by atoms with E-state index in [0.717, 1.165) is 6.07 Å². The molecule has 9 heteroatoms. The van der Waals surface area contributed by atoms with Crippen LogP contribution >= 0.6 is 0 Å². The monoisotopic (exact) mass is 408 g/mol. The van der Waals surface area contributed by atoms with Gasteiger partial charge in [-0.1, -0.05) is 18.2 Å². The molecule has 4 rings (SSSR count). The summed E-state index contributed by atoms with van der Waals surface area (Å²) in [5.74, 6) is -0.324. The molecule has 0 aliphatic rings. The van der Waals surface area contributed by atoms with E-state index in [0.29, 0.717) is 22.7 Å². The molecule has 0 aliphatic heterocycles. The molecular weight excluding hydrogens is 391 g/mol. The topological polar surface area (TPSA) is 112 Å². The van der Waals surface area contributed by atoms with Crippen LogP contribution in [-0.2, 0) is 0 Å². The Morgan fingerprint density at radius 1 is 1.13 bits per heavy atom. The van der Waals surface area contributed by atoms with Gasteiger partial charge in [0.25, 0.3) is 5.91 Å². The van der Waals surface area contributed by atoms with Crippen molar-refractivity contribution >= 4 is 28.3 Å². The van der Waals surface area contributed by atoms with Crippen LogP contribution in [0.25, 0.3) is 11.0 Å². The van der Waals surface area contributed by atoms with E-state index in [9.17, 15) is 9.18 Å². The SMILES string of the molecule is COc1cc(F)cc2c(NNc3ccc(Oc4ccccc4)nc3)c(C(N)=O)oc12. The number of primary amides is 1. The number of carbonyl (C=O) groups is 1. The number of aromatic nitrogens is 1. The molecule has 4 N–H and O–H groups in total. The molecule has 0 saturated carbocycles. The summed E-state index contributed by atoms with van der Waals surface area (Å²) in [6, 6.07) is 15.0. The van der Waals surface area contributed by atoms with Crippen LogP contribution in [0.4, 0.5) is 15.8 Å². The first-order chi connectivity index (χ1) is 14.5. The number of benzene rings is 2. The quantitative estimate of drug-likeness (QED) is 0.391. The number of hydrogen-bond acceptors (Lipinski definition) is 7. The Morgan fingerprint density at radius 3 is 2.60 bits per heavy atom. The molecule has 0 bridgehead atoms. The number of nitrogens with one attached hydrogen (secondary N) is 2. The number of carbonyl (C=O) groups excluding carboxylic acids is 1. The van der Waals surface area contributed by atoms with Crippen LogP contribution in [-0.4, -0.2) is 18.0 Å². The highest BCUT2D eigenvalue weighted by Gasteiger charge is 2.22. The minimum atomic E-state index is -0.817. The highest BCUT2D eigenvalue weighted by molar-refractivity contribution is 6.07. The van der Waals surface area contributed by atoms with Crippen LogP contribution in [0.1, 0.15) is 10.6 Å². The van der Waals surface area contributed by atoms with Crippen molar-refractivity contribution in [3.8, 4) is 17.4 Å². The summed E-state index contributed by atoms with van der Waals surface area (Å²) in [5.41, 5.74) is 12.1. The third kappa shape index (κ3) is 3.81. The molecule has 0 fully saturated rings. The Morgan fingerprint density at radius 2 is 1.93 bits per heavy atom. The second-order valence-electron chi connectivity index (χ2n) is 6.21. The Labute approximate surface area is 170 Å². The molecule has 0 spiro atoms. The zero-order valence-corrected chi connectivity index (χ0v) is 15.8. The van der Waals surface area contributed by atoms with E-state index in [4.69, 9.17) is 19.6 Å². The van der Waals surface area contributed by atoms with E-state index < -0.39 is 11.7 Å². The number of methoxy groups -OCH3 is 1. The van der Waals surface area contributed by atoms with Crippen LogP contribution in [0.5, 0.6) is 17.4 Å². The average Bonchev–Trinajstić information content (AvgIpc) is 3.12.